The number of carbonyl (C=O) groups excluding carboxylic acids is 3. The molecule has 1 N–H and O–H groups in total. The topological polar surface area (TPSA) is 87.2 Å². The summed E-state index contributed by atoms with van der Waals surface area (Å²) in [5.74, 6) is -2.55. The van der Waals surface area contributed by atoms with Crippen LogP contribution in [-0.2, 0) is 19.1 Å². The third-order valence-corrected chi connectivity index (χ3v) is 9.55. The first-order valence-corrected chi connectivity index (χ1v) is 12.6. The zero-order chi connectivity index (χ0) is 24.4. The number of benzene rings is 1. The number of likely N-dealkylation sites (tertiary alicyclic amines) is 1. The van der Waals surface area contributed by atoms with Gasteiger partial charge in [0.2, 0.25) is 5.91 Å². The maximum Gasteiger partial charge on any atom is 0.311 e. The molecule has 0 aromatic heterocycles. The number of hydrogen-bond donors (Lipinski definition) is 1. The summed E-state index contributed by atoms with van der Waals surface area (Å²) in [5, 5.41) is 10.5. The molecule has 4 aliphatic heterocycles. The molecule has 4 aliphatic rings. The molecule has 6 atom stereocenters. The molecule has 0 saturated carbocycles. The molecule has 2 fully saturated rings. The number of ether oxygens (including phenoxy) is 1. The Kier molecular flexibility index (Phi) is 5.61. The fourth-order valence-corrected chi connectivity index (χ4v) is 8.49. The van der Waals surface area contributed by atoms with E-state index in [4.69, 9.17) is 16.3 Å². The Balaban J connectivity index is 1.70. The van der Waals surface area contributed by atoms with Crippen molar-refractivity contribution in [1.29, 1.82) is 0 Å². The SMILES string of the molecule is Cc1cccc(Cl)c1N1CC=C[C@]23S[C@@]4(C)C=CCOC(=O)[C@H]4[C@H]2C(=O)N([C@H](C)CO)C3C1=O. The zero-order valence-electron chi connectivity index (χ0n) is 19.2. The van der Waals surface area contributed by atoms with Crippen LogP contribution in [0, 0.1) is 18.8 Å². The number of aliphatic hydroxyl groups is 1. The van der Waals surface area contributed by atoms with Crippen molar-refractivity contribution in [2.24, 2.45) is 11.8 Å². The lowest BCUT2D eigenvalue weighted by Crippen LogP contribution is -2.56. The summed E-state index contributed by atoms with van der Waals surface area (Å²) in [6, 6.07) is 3.95. The minimum atomic E-state index is -0.984. The predicted molar refractivity (Wildman–Crippen MR) is 131 cm³/mol. The number of anilines is 1. The van der Waals surface area contributed by atoms with Gasteiger partial charge in [-0.2, -0.15) is 0 Å². The second-order valence-electron chi connectivity index (χ2n) is 9.56. The van der Waals surface area contributed by atoms with Crippen LogP contribution in [0.1, 0.15) is 19.4 Å². The van der Waals surface area contributed by atoms with Gasteiger partial charge in [0.25, 0.3) is 5.91 Å². The van der Waals surface area contributed by atoms with E-state index in [9.17, 15) is 19.5 Å². The molecule has 7 nitrogen and oxygen atoms in total. The fraction of sp³-hybridized carbons (Fsp3) is 0.480. The highest BCUT2D eigenvalue weighted by molar-refractivity contribution is 8.02. The van der Waals surface area contributed by atoms with E-state index in [-0.39, 0.29) is 31.6 Å². The number of aryl methyl sites for hydroxylation is 1. The van der Waals surface area contributed by atoms with E-state index >= 15 is 0 Å². The Bertz CT molecular complexity index is 1120. The van der Waals surface area contributed by atoms with Gasteiger partial charge >= 0.3 is 5.97 Å². The van der Waals surface area contributed by atoms with Gasteiger partial charge in [0.05, 0.1) is 39.9 Å². The minimum absolute atomic E-state index is 0.161. The summed E-state index contributed by atoms with van der Waals surface area (Å²) in [7, 11) is 0. The number of aliphatic hydroxyl groups excluding tert-OH is 1. The van der Waals surface area contributed by atoms with Gasteiger partial charge in [0.1, 0.15) is 12.6 Å². The number of carbonyl (C=O) groups is 3. The Morgan fingerprint density at radius 2 is 1.97 bits per heavy atom. The molecule has 5 rings (SSSR count). The first-order valence-electron chi connectivity index (χ1n) is 11.4. The molecule has 1 aromatic rings. The Hall–Kier alpha value is -2.29. The highest BCUT2D eigenvalue weighted by Crippen LogP contribution is 2.65. The van der Waals surface area contributed by atoms with Crippen LogP contribution in [-0.4, -0.2) is 69.1 Å². The Morgan fingerprint density at radius 3 is 2.68 bits per heavy atom. The number of cyclic esters (lactones) is 1. The fourth-order valence-electron chi connectivity index (χ4n) is 6.02. The summed E-state index contributed by atoms with van der Waals surface area (Å²) >= 11 is 8.01. The molecule has 4 heterocycles. The van der Waals surface area contributed by atoms with Gasteiger partial charge < -0.3 is 19.6 Å². The molecular formula is C25H27ClN2O5S. The van der Waals surface area contributed by atoms with Crippen LogP contribution in [0.5, 0.6) is 0 Å². The number of esters is 1. The van der Waals surface area contributed by atoms with Crippen molar-refractivity contribution in [3.8, 4) is 0 Å². The van der Waals surface area contributed by atoms with Crippen LogP contribution in [0.25, 0.3) is 0 Å². The van der Waals surface area contributed by atoms with Crippen LogP contribution in [0.2, 0.25) is 5.02 Å². The third kappa shape index (κ3) is 3.11. The number of hydrogen-bond acceptors (Lipinski definition) is 6. The Labute approximate surface area is 207 Å². The Morgan fingerprint density at radius 1 is 1.21 bits per heavy atom. The van der Waals surface area contributed by atoms with Gasteiger partial charge in [-0.1, -0.05) is 42.0 Å². The lowest BCUT2D eigenvalue weighted by atomic mass is 9.75. The number of nitrogens with zero attached hydrogens (tertiary/aromatic N) is 2. The van der Waals surface area contributed by atoms with Gasteiger partial charge in [-0.15, -0.1) is 11.8 Å². The quantitative estimate of drug-likeness (QED) is 0.505. The van der Waals surface area contributed by atoms with Crippen LogP contribution in [0.15, 0.2) is 42.5 Å². The highest BCUT2D eigenvalue weighted by atomic mass is 35.5. The second kappa shape index (κ2) is 8.14. The van der Waals surface area contributed by atoms with E-state index in [0.29, 0.717) is 10.7 Å². The molecule has 1 unspecified atom stereocenters. The summed E-state index contributed by atoms with van der Waals surface area (Å²) in [6.07, 6.45) is 7.56. The zero-order valence-corrected chi connectivity index (χ0v) is 20.8. The van der Waals surface area contributed by atoms with Gasteiger partial charge in [-0.25, -0.2) is 0 Å². The lowest BCUT2D eigenvalue weighted by molar-refractivity contribution is -0.153. The lowest BCUT2D eigenvalue weighted by Gasteiger charge is -2.39. The maximum atomic E-state index is 14.3. The number of para-hydroxylation sites is 1. The third-order valence-electron chi connectivity index (χ3n) is 7.45. The van der Waals surface area contributed by atoms with E-state index < -0.39 is 39.4 Å². The molecule has 0 aliphatic carbocycles. The van der Waals surface area contributed by atoms with Crippen molar-refractivity contribution in [3.05, 3.63) is 53.1 Å². The first kappa shape index (κ1) is 23.5. The highest BCUT2D eigenvalue weighted by Gasteiger charge is 2.74. The molecular weight excluding hydrogens is 476 g/mol. The maximum absolute atomic E-state index is 14.3. The van der Waals surface area contributed by atoms with Crippen molar-refractivity contribution in [3.63, 3.8) is 0 Å². The van der Waals surface area contributed by atoms with E-state index in [2.05, 4.69) is 0 Å². The molecule has 180 valence electrons. The average Bonchev–Trinajstić information content (AvgIpc) is 3.06. The van der Waals surface area contributed by atoms with E-state index in [1.807, 2.05) is 44.2 Å². The van der Waals surface area contributed by atoms with Crippen molar-refractivity contribution in [1.82, 2.24) is 4.90 Å². The number of rotatable bonds is 3. The number of fused-ring (bicyclic) bond motifs is 2. The summed E-state index contributed by atoms with van der Waals surface area (Å²) < 4.78 is 3.73. The van der Waals surface area contributed by atoms with E-state index in [1.54, 1.807) is 24.0 Å². The monoisotopic (exact) mass is 502 g/mol. The largest absolute Gasteiger partial charge is 0.461 e. The number of amides is 2. The smallest absolute Gasteiger partial charge is 0.311 e. The van der Waals surface area contributed by atoms with Crippen molar-refractivity contribution >= 4 is 46.8 Å². The van der Waals surface area contributed by atoms with E-state index in [0.717, 1.165) is 5.56 Å². The summed E-state index contributed by atoms with van der Waals surface area (Å²) in [5.41, 5.74) is 1.45. The molecule has 0 radical (unpaired) electrons. The number of thioether (sulfide) groups is 1. The van der Waals surface area contributed by atoms with Crippen molar-refractivity contribution in [2.75, 3.05) is 24.7 Å². The van der Waals surface area contributed by atoms with Crippen LogP contribution < -0.4 is 4.90 Å². The molecule has 0 bridgehead atoms. The van der Waals surface area contributed by atoms with Crippen LogP contribution in [0.3, 0.4) is 0 Å². The van der Waals surface area contributed by atoms with Gasteiger partial charge in [-0.05, 0) is 38.5 Å². The predicted octanol–water partition coefficient (Wildman–Crippen LogP) is 2.73. The summed E-state index contributed by atoms with van der Waals surface area (Å²) in [6.45, 7) is 5.68. The first-order chi connectivity index (χ1) is 16.2. The molecule has 1 spiro atoms. The standard InChI is InChI=1S/C25H27ClN2O5S/c1-14-7-4-8-16(26)19(14)27-11-5-10-25-17(18-23(32)33-12-6-9-24(18,3)34-25)21(30)28(15(2)13-29)20(25)22(27)31/h4-10,15,17-18,20,29H,11-13H2,1-3H3/t15-,17+,18-,20?,24+,25+/m1/s1. The summed E-state index contributed by atoms with van der Waals surface area (Å²) in [4.78, 5) is 44.5. The molecule has 1 aromatic carbocycles. The average molecular weight is 503 g/mol. The van der Waals surface area contributed by atoms with Crippen molar-refractivity contribution < 1.29 is 24.2 Å². The van der Waals surface area contributed by atoms with Gasteiger partial charge in [-0.3, -0.25) is 14.4 Å². The van der Waals surface area contributed by atoms with Crippen molar-refractivity contribution in [2.45, 2.75) is 42.3 Å². The normalized spacial score (nSPS) is 35.4. The van der Waals surface area contributed by atoms with Gasteiger partial charge in [0, 0.05) is 11.3 Å². The molecule has 2 amide bonds. The van der Waals surface area contributed by atoms with Gasteiger partial charge in [0.15, 0.2) is 0 Å². The molecule has 34 heavy (non-hydrogen) atoms. The van der Waals surface area contributed by atoms with Crippen LogP contribution >= 0.6 is 23.4 Å². The van der Waals surface area contributed by atoms with E-state index in [1.165, 1.54) is 16.7 Å². The second-order valence-corrected chi connectivity index (χ2v) is 11.8. The molecule has 2 saturated heterocycles. The number of halogens is 1. The minimum Gasteiger partial charge on any atom is -0.461 e. The molecule has 9 heteroatoms. The van der Waals surface area contributed by atoms with Crippen LogP contribution in [0.4, 0.5) is 5.69 Å².